The van der Waals surface area contributed by atoms with Crippen LogP contribution >= 0.6 is 0 Å². The predicted octanol–water partition coefficient (Wildman–Crippen LogP) is 2.03. The first-order chi connectivity index (χ1) is 9.20. The van der Waals surface area contributed by atoms with Crippen molar-refractivity contribution in [3.05, 3.63) is 52.9 Å². The molecule has 0 spiro atoms. The first-order valence-electron chi connectivity index (χ1n) is 5.78. The maximum absolute atomic E-state index is 12.1. The van der Waals surface area contributed by atoms with Gasteiger partial charge in [0, 0.05) is 6.07 Å². The summed E-state index contributed by atoms with van der Waals surface area (Å²) in [5, 5.41) is 9.61. The Bertz CT molecular complexity index is 802. The number of fused-ring (bicyclic) bond motifs is 1. The average molecular weight is 256 g/mol. The Balaban J connectivity index is 2.39. The highest BCUT2D eigenvalue weighted by Crippen LogP contribution is 2.28. The van der Waals surface area contributed by atoms with Crippen LogP contribution in [0.5, 0.6) is 11.5 Å². The molecule has 0 saturated carbocycles. The Hall–Kier alpha value is -2.69. The van der Waals surface area contributed by atoms with Crippen molar-refractivity contribution in [2.75, 3.05) is 7.11 Å². The van der Waals surface area contributed by atoms with E-state index in [4.69, 9.17) is 4.74 Å². The van der Waals surface area contributed by atoms with E-state index in [-0.39, 0.29) is 11.4 Å². The summed E-state index contributed by atoms with van der Waals surface area (Å²) in [4.78, 5) is 14.9. The Labute approximate surface area is 108 Å². The Morgan fingerprint density at radius 3 is 2.79 bits per heavy atom. The molecule has 19 heavy (non-hydrogen) atoms. The van der Waals surface area contributed by atoms with Crippen LogP contribution in [0.1, 0.15) is 0 Å². The van der Waals surface area contributed by atoms with E-state index in [0.29, 0.717) is 11.4 Å². The molecule has 0 aliphatic carbocycles. The zero-order chi connectivity index (χ0) is 13.4. The van der Waals surface area contributed by atoms with Gasteiger partial charge in [0.05, 0.1) is 23.8 Å². The molecule has 0 unspecified atom stereocenters. The lowest BCUT2D eigenvalue weighted by Gasteiger charge is -2.09. The number of methoxy groups -OCH3 is 1. The molecule has 0 bridgehead atoms. The summed E-state index contributed by atoms with van der Waals surface area (Å²) >= 11 is 0. The Morgan fingerprint density at radius 1 is 1.21 bits per heavy atom. The van der Waals surface area contributed by atoms with Crippen molar-refractivity contribution in [3.8, 4) is 17.2 Å². The molecule has 96 valence electrons. The van der Waals surface area contributed by atoms with Gasteiger partial charge >= 0.3 is 5.69 Å². The molecule has 0 aliphatic rings. The molecule has 5 nitrogen and oxygen atoms in total. The third-order valence-corrected chi connectivity index (χ3v) is 2.99. The van der Waals surface area contributed by atoms with Crippen LogP contribution in [0.15, 0.2) is 47.3 Å². The second kappa shape index (κ2) is 4.20. The maximum Gasteiger partial charge on any atom is 0.331 e. The predicted molar refractivity (Wildman–Crippen MR) is 72.1 cm³/mol. The second-order valence-electron chi connectivity index (χ2n) is 4.14. The molecule has 1 aromatic heterocycles. The van der Waals surface area contributed by atoms with Gasteiger partial charge in [-0.2, -0.15) is 0 Å². The van der Waals surface area contributed by atoms with E-state index < -0.39 is 0 Å². The van der Waals surface area contributed by atoms with E-state index in [9.17, 15) is 9.90 Å². The van der Waals surface area contributed by atoms with Crippen LogP contribution in [-0.4, -0.2) is 21.8 Å². The van der Waals surface area contributed by atoms with Crippen LogP contribution in [0.4, 0.5) is 0 Å². The fraction of sp³-hybridized carbons (Fsp3) is 0.0714. The third kappa shape index (κ3) is 1.76. The molecule has 2 N–H and O–H groups in total. The number of phenols is 1. The van der Waals surface area contributed by atoms with E-state index >= 15 is 0 Å². The molecule has 1 heterocycles. The lowest BCUT2D eigenvalue weighted by molar-refractivity contribution is 0.410. The van der Waals surface area contributed by atoms with Crippen molar-refractivity contribution in [3.63, 3.8) is 0 Å². The molecule has 0 atom stereocenters. The number of rotatable bonds is 2. The molecule has 5 heteroatoms. The van der Waals surface area contributed by atoms with E-state index in [1.807, 2.05) is 24.3 Å². The lowest BCUT2D eigenvalue weighted by Crippen LogP contribution is -2.15. The van der Waals surface area contributed by atoms with Crippen molar-refractivity contribution < 1.29 is 9.84 Å². The van der Waals surface area contributed by atoms with Gasteiger partial charge in [0.25, 0.3) is 0 Å². The third-order valence-electron chi connectivity index (χ3n) is 2.99. The number of benzene rings is 2. The number of nitrogens with one attached hydrogen (secondary N) is 1. The molecule has 0 amide bonds. The quantitative estimate of drug-likeness (QED) is 0.737. The van der Waals surface area contributed by atoms with E-state index in [1.54, 1.807) is 6.07 Å². The number of nitrogens with zero attached hydrogens (tertiary/aromatic N) is 1. The molecule has 3 rings (SSSR count). The SMILES string of the molecule is COc1ccc(O)cc1-n1c(=O)[nH]c2ccccc21. The normalized spacial score (nSPS) is 10.8. The fourth-order valence-corrected chi connectivity index (χ4v) is 2.15. The Morgan fingerprint density at radius 2 is 2.00 bits per heavy atom. The van der Waals surface area contributed by atoms with Gasteiger partial charge in [0.2, 0.25) is 0 Å². The Kier molecular flexibility index (Phi) is 2.52. The number of aromatic hydroxyl groups is 1. The number of ether oxygens (including phenoxy) is 1. The minimum atomic E-state index is -0.273. The van der Waals surface area contributed by atoms with E-state index in [2.05, 4.69) is 4.98 Å². The molecule has 0 saturated heterocycles. The van der Waals surface area contributed by atoms with Gasteiger partial charge in [-0.1, -0.05) is 12.1 Å². The number of aromatic amines is 1. The number of H-pyrrole nitrogens is 1. The molecular formula is C14H12N2O3. The van der Waals surface area contributed by atoms with E-state index in [0.717, 1.165) is 11.0 Å². The smallest absolute Gasteiger partial charge is 0.331 e. The first kappa shape index (κ1) is 11.4. The monoisotopic (exact) mass is 256 g/mol. The lowest BCUT2D eigenvalue weighted by atomic mass is 10.2. The summed E-state index contributed by atoms with van der Waals surface area (Å²) in [5.74, 6) is 0.595. The van der Waals surface area contributed by atoms with Crippen LogP contribution < -0.4 is 10.4 Å². The molecule has 2 aromatic carbocycles. The molecule has 3 aromatic rings. The van der Waals surface area contributed by atoms with Crippen LogP contribution in [0.3, 0.4) is 0 Å². The van der Waals surface area contributed by atoms with Gasteiger partial charge in [0.15, 0.2) is 0 Å². The largest absolute Gasteiger partial charge is 0.508 e. The highest BCUT2D eigenvalue weighted by Gasteiger charge is 2.13. The van der Waals surface area contributed by atoms with Crippen molar-refractivity contribution >= 4 is 11.0 Å². The summed E-state index contributed by atoms with van der Waals surface area (Å²) in [5.41, 5.74) is 1.70. The molecule has 0 aliphatic heterocycles. The number of phenolic OH excluding ortho intramolecular Hbond substituents is 1. The highest BCUT2D eigenvalue weighted by molar-refractivity contribution is 5.78. The maximum atomic E-state index is 12.1. The topological polar surface area (TPSA) is 67.2 Å². The summed E-state index contributed by atoms with van der Waals surface area (Å²) in [6, 6.07) is 12.0. The summed E-state index contributed by atoms with van der Waals surface area (Å²) < 4.78 is 6.72. The van der Waals surface area contributed by atoms with Gasteiger partial charge in [-0.25, -0.2) is 4.79 Å². The van der Waals surface area contributed by atoms with Gasteiger partial charge in [-0.15, -0.1) is 0 Å². The minimum absolute atomic E-state index is 0.0768. The van der Waals surface area contributed by atoms with Crippen molar-refractivity contribution in [1.82, 2.24) is 9.55 Å². The summed E-state index contributed by atoms with van der Waals surface area (Å²) in [6.45, 7) is 0. The zero-order valence-corrected chi connectivity index (χ0v) is 10.3. The second-order valence-corrected chi connectivity index (χ2v) is 4.14. The van der Waals surface area contributed by atoms with Gasteiger partial charge in [0.1, 0.15) is 11.5 Å². The number of aromatic nitrogens is 2. The van der Waals surface area contributed by atoms with Gasteiger partial charge in [-0.05, 0) is 24.3 Å². The van der Waals surface area contributed by atoms with E-state index in [1.165, 1.54) is 23.8 Å². The van der Waals surface area contributed by atoms with Crippen LogP contribution in [-0.2, 0) is 0 Å². The van der Waals surface area contributed by atoms with Gasteiger partial charge in [-0.3, -0.25) is 4.57 Å². The average Bonchev–Trinajstić information content (AvgIpc) is 2.74. The minimum Gasteiger partial charge on any atom is -0.508 e. The fourth-order valence-electron chi connectivity index (χ4n) is 2.15. The molecule has 0 radical (unpaired) electrons. The number of hydrogen-bond acceptors (Lipinski definition) is 3. The van der Waals surface area contributed by atoms with Crippen molar-refractivity contribution in [2.24, 2.45) is 0 Å². The zero-order valence-electron chi connectivity index (χ0n) is 10.3. The van der Waals surface area contributed by atoms with Gasteiger partial charge < -0.3 is 14.8 Å². The number of hydrogen-bond donors (Lipinski definition) is 2. The number of para-hydroxylation sites is 2. The van der Waals surface area contributed by atoms with Crippen LogP contribution in [0.25, 0.3) is 16.7 Å². The molecular weight excluding hydrogens is 244 g/mol. The standard InChI is InChI=1S/C14H12N2O3/c1-19-13-7-6-9(17)8-12(13)16-11-5-3-2-4-10(11)15-14(16)18/h2-8,17H,1H3,(H,15,18). The highest BCUT2D eigenvalue weighted by atomic mass is 16.5. The number of imidazole rings is 1. The molecule has 0 fully saturated rings. The van der Waals surface area contributed by atoms with Crippen molar-refractivity contribution in [1.29, 1.82) is 0 Å². The van der Waals surface area contributed by atoms with Crippen molar-refractivity contribution in [2.45, 2.75) is 0 Å². The summed E-state index contributed by atoms with van der Waals surface area (Å²) in [6.07, 6.45) is 0. The summed E-state index contributed by atoms with van der Waals surface area (Å²) in [7, 11) is 1.52. The van der Waals surface area contributed by atoms with Crippen LogP contribution in [0, 0.1) is 0 Å². The first-order valence-corrected chi connectivity index (χ1v) is 5.78. The van der Waals surface area contributed by atoms with Crippen LogP contribution in [0.2, 0.25) is 0 Å².